The lowest BCUT2D eigenvalue weighted by Crippen LogP contribution is -2.53. The van der Waals surface area contributed by atoms with Gasteiger partial charge in [0.25, 0.3) is 0 Å². The van der Waals surface area contributed by atoms with E-state index in [2.05, 4.69) is 17.3 Å². The molecule has 1 amide bonds. The summed E-state index contributed by atoms with van der Waals surface area (Å²) >= 11 is 0. The summed E-state index contributed by atoms with van der Waals surface area (Å²) in [5.41, 5.74) is -1.17. The second-order valence-corrected chi connectivity index (χ2v) is 7.75. The third-order valence-electron chi connectivity index (χ3n) is 4.55. The molecule has 0 spiro atoms. The van der Waals surface area contributed by atoms with Crippen molar-refractivity contribution in [3.05, 3.63) is 0 Å². The Hall–Kier alpha value is -0.850. The van der Waals surface area contributed by atoms with Crippen LogP contribution in [0.25, 0.3) is 0 Å². The van der Waals surface area contributed by atoms with Crippen LogP contribution in [0.15, 0.2) is 0 Å². The first kappa shape index (κ1) is 17.5. The fraction of sp³-hybridized carbons (Fsp3) is 0.938. The molecule has 1 unspecified atom stereocenters. The first-order chi connectivity index (χ1) is 10.2. The predicted octanol–water partition coefficient (Wildman–Crippen LogP) is 1.04. The third-order valence-corrected chi connectivity index (χ3v) is 4.55. The standard InChI is InChI=1S/C16H31N3O3/c1-15(2,3)22-14(20)19-9-6-16(21,7-10-19)12-18(4)13-5-8-17-11-13/h13,17,21H,5-12H2,1-4H3. The first-order valence-corrected chi connectivity index (χ1v) is 8.30. The third kappa shape index (κ3) is 4.83. The van der Waals surface area contributed by atoms with E-state index >= 15 is 0 Å². The van der Waals surface area contributed by atoms with E-state index in [4.69, 9.17) is 4.74 Å². The smallest absolute Gasteiger partial charge is 0.410 e. The largest absolute Gasteiger partial charge is 0.444 e. The summed E-state index contributed by atoms with van der Waals surface area (Å²) in [6.07, 6.45) is 2.08. The summed E-state index contributed by atoms with van der Waals surface area (Å²) in [6, 6.07) is 0.507. The zero-order chi connectivity index (χ0) is 16.4. The monoisotopic (exact) mass is 313 g/mol. The Morgan fingerprint density at radius 1 is 1.41 bits per heavy atom. The van der Waals surface area contributed by atoms with Gasteiger partial charge in [-0.05, 0) is 53.6 Å². The van der Waals surface area contributed by atoms with Crippen molar-refractivity contribution in [3.8, 4) is 0 Å². The molecule has 2 aliphatic heterocycles. The second-order valence-electron chi connectivity index (χ2n) is 7.75. The van der Waals surface area contributed by atoms with E-state index in [-0.39, 0.29) is 6.09 Å². The van der Waals surface area contributed by atoms with Crippen molar-refractivity contribution in [2.45, 2.75) is 57.3 Å². The molecule has 22 heavy (non-hydrogen) atoms. The highest BCUT2D eigenvalue weighted by Gasteiger charge is 2.37. The minimum Gasteiger partial charge on any atom is -0.444 e. The van der Waals surface area contributed by atoms with E-state index in [9.17, 15) is 9.90 Å². The van der Waals surface area contributed by atoms with Gasteiger partial charge in [0.2, 0.25) is 0 Å². The van der Waals surface area contributed by atoms with Gasteiger partial charge in [0.1, 0.15) is 5.60 Å². The molecular formula is C16H31N3O3. The van der Waals surface area contributed by atoms with Gasteiger partial charge in [-0.1, -0.05) is 0 Å². The van der Waals surface area contributed by atoms with E-state index in [0.29, 0.717) is 38.5 Å². The van der Waals surface area contributed by atoms with Crippen LogP contribution in [-0.2, 0) is 4.74 Å². The van der Waals surface area contributed by atoms with E-state index in [1.54, 1.807) is 4.90 Å². The Labute approximate surface area is 133 Å². The van der Waals surface area contributed by atoms with Crippen molar-refractivity contribution >= 4 is 6.09 Å². The number of likely N-dealkylation sites (tertiary alicyclic amines) is 1. The second kappa shape index (κ2) is 6.72. The quantitative estimate of drug-likeness (QED) is 0.815. The summed E-state index contributed by atoms with van der Waals surface area (Å²) in [5, 5.41) is 14.1. The van der Waals surface area contributed by atoms with E-state index < -0.39 is 11.2 Å². The molecule has 2 heterocycles. The Morgan fingerprint density at radius 3 is 2.55 bits per heavy atom. The molecule has 6 heteroatoms. The van der Waals surface area contributed by atoms with Crippen molar-refractivity contribution in [1.29, 1.82) is 0 Å². The molecule has 0 aromatic carbocycles. The number of carbonyl (C=O) groups excluding carboxylic acids is 1. The van der Waals surface area contributed by atoms with Crippen molar-refractivity contribution in [1.82, 2.24) is 15.1 Å². The molecule has 0 bridgehead atoms. The molecule has 0 saturated carbocycles. The van der Waals surface area contributed by atoms with Gasteiger partial charge in [-0.3, -0.25) is 4.90 Å². The maximum Gasteiger partial charge on any atom is 0.410 e. The Morgan fingerprint density at radius 2 is 2.05 bits per heavy atom. The van der Waals surface area contributed by atoms with Gasteiger partial charge in [0.05, 0.1) is 5.60 Å². The Kier molecular flexibility index (Phi) is 5.35. The molecular weight excluding hydrogens is 282 g/mol. The summed E-state index contributed by atoms with van der Waals surface area (Å²) in [7, 11) is 2.08. The van der Waals surface area contributed by atoms with Gasteiger partial charge < -0.3 is 20.1 Å². The maximum atomic E-state index is 12.1. The first-order valence-electron chi connectivity index (χ1n) is 8.30. The highest BCUT2D eigenvalue weighted by Crippen LogP contribution is 2.25. The van der Waals surface area contributed by atoms with Gasteiger partial charge >= 0.3 is 6.09 Å². The SMILES string of the molecule is CN(CC1(O)CCN(C(=O)OC(C)(C)C)CC1)C1CCNC1. The number of nitrogens with zero attached hydrogens (tertiary/aromatic N) is 2. The van der Waals surface area contributed by atoms with Gasteiger partial charge in [0.15, 0.2) is 0 Å². The van der Waals surface area contributed by atoms with Crippen LogP contribution in [0.3, 0.4) is 0 Å². The summed E-state index contributed by atoms with van der Waals surface area (Å²) < 4.78 is 5.39. The van der Waals surface area contributed by atoms with Gasteiger partial charge in [-0.2, -0.15) is 0 Å². The van der Waals surface area contributed by atoms with Gasteiger partial charge in [0, 0.05) is 32.2 Å². The van der Waals surface area contributed by atoms with Crippen molar-refractivity contribution in [2.75, 3.05) is 39.8 Å². The lowest BCUT2D eigenvalue weighted by molar-refractivity contribution is -0.0510. The normalized spacial score (nSPS) is 25.5. The van der Waals surface area contributed by atoms with Crippen molar-refractivity contribution in [3.63, 3.8) is 0 Å². The number of piperidine rings is 1. The number of rotatable bonds is 3. The Bertz CT molecular complexity index is 381. The van der Waals surface area contributed by atoms with Crippen LogP contribution in [0.2, 0.25) is 0 Å². The van der Waals surface area contributed by atoms with Gasteiger partial charge in [-0.15, -0.1) is 0 Å². The van der Waals surface area contributed by atoms with E-state index in [1.165, 1.54) is 0 Å². The number of ether oxygens (including phenoxy) is 1. The molecule has 2 aliphatic rings. The molecule has 0 aliphatic carbocycles. The van der Waals surface area contributed by atoms with E-state index in [1.807, 2.05) is 20.8 Å². The number of nitrogens with one attached hydrogen (secondary N) is 1. The highest BCUT2D eigenvalue weighted by molar-refractivity contribution is 5.68. The van der Waals surface area contributed by atoms with Crippen molar-refractivity contribution in [2.24, 2.45) is 0 Å². The number of aliphatic hydroxyl groups is 1. The minimum absolute atomic E-state index is 0.275. The fourth-order valence-electron chi connectivity index (χ4n) is 3.20. The molecule has 2 saturated heterocycles. The number of carbonyl (C=O) groups is 1. The molecule has 2 rings (SSSR count). The average Bonchev–Trinajstić information content (AvgIpc) is 2.90. The molecule has 2 fully saturated rings. The molecule has 0 aromatic heterocycles. The topological polar surface area (TPSA) is 65.0 Å². The number of hydrogen-bond donors (Lipinski definition) is 2. The van der Waals surface area contributed by atoms with Crippen molar-refractivity contribution < 1.29 is 14.6 Å². The number of amides is 1. The molecule has 0 radical (unpaired) electrons. The van der Waals surface area contributed by atoms with Crippen LogP contribution in [0.1, 0.15) is 40.0 Å². The lowest BCUT2D eigenvalue weighted by atomic mass is 9.90. The van der Waals surface area contributed by atoms with Crippen LogP contribution < -0.4 is 5.32 Å². The van der Waals surface area contributed by atoms with Crippen LogP contribution in [0, 0.1) is 0 Å². The number of hydrogen-bond acceptors (Lipinski definition) is 5. The zero-order valence-electron chi connectivity index (χ0n) is 14.4. The molecule has 0 aromatic rings. The summed E-state index contributed by atoms with van der Waals surface area (Å²) in [6.45, 7) is 9.45. The van der Waals surface area contributed by atoms with Crippen LogP contribution in [0.4, 0.5) is 4.79 Å². The Balaban J connectivity index is 1.81. The minimum atomic E-state index is -0.699. The van der Waals surface area contributed by atoms with E-state index in [0.717, 1.165) is 19.5 Å². The van der Waals surface area contributed by atoms with Crippen LogP contribution in [-0.4, -0.2) is 78.0 Å². The molecule has 6 nitrogen and oxygen atoms in total. The van der Waals surface area contributed by atoms with Gasteiger partial charge in [-0.25, -0.2) is 4.79 Å². The fourth-order valence-corrected chi connectivity index (χ4v) is 3.20. The lowest BCUT2D eigenvalue weighted by Gasteiger charge is -2.41. The molecule has 128 valence electrons. The average molecular weight is 313 g/mol. The number of likely N-dealkylation sites (N-methyl/N-ethyl adjacent to an activating group) is 1. The maximum absolute atomic E-state index is 12.1. The molecule has 2 N–H and O–H groups in total. The van der Waals surface area contributed by atoms with Crippen LogP contribution in [0.5, 0.6) is 0 Å². The molecule has 1 atom stereocenters. The summed E-state index contributed by atoms with van der Waals surface area (Å²) in [4.78, 5) is 16.0. The predicted molar refractivity (Wildman–Crippen MR) is 85.9 cm³/mol. The van der Waals surface area contributed by atoms with Crippen LogP contribution >= 0.6 is 0 Å². The summed E-state index contributed by atoms with van der Waals surface area (Å²) in [5.74, 6) is 0. The zero-order valence-corrected chi connectivity index (χ0v) is 14.4. The highest BCUT2D eigenvalue weighted by atomic mass is 16.6.